The Morgan fingerprint density at radius 1 is 1.03 bits per heavy atom. The number of hydrogen-bond acceptors (Lipinski definition) is 7. The Kier molecular flexibility index (Phi) is 8.62. The van der Waals surface area contributed by atoms with E-state index >= 15 is 0 Å². The van der Waals surface area contributed by atoms with Gasteiger partial charge in [0.2, 0.25) is 5.91 Å². The number of morpholine rings is 1. The molecule has 0 bridgehead atoms. The molecule has 35 heavy (non-hydrogen) atoms. The van der Waals surface area contributed by atoms with Gasteiger partial charge < -0.3 is 14.6 Å². The van der Waals surface area contributed by atoms with Crippen molar-refractivity contribution in [1.29, 1.82) is 0 Å². The summed E-state index contributed by atoms with van der Waals surface area (Å²) in [5.41, 5.74) is 1.99. The minimum atomic E-state index is -0.311. The molecule has 184 valence electrons. The number of amides is 1. The van der Waals surface area contributed by atoms with E-state index in [1.54, 1.807) is 43.3 Å². The van der Waals surface area contributed by atoms with E-state index in [0.29, 0.717) is 48.4 Å². The minimum Gasteiger partial charge on any atom is -0.379 e. The predicted octanol–water partition coefficient (Wildman–Crippen LogP) is 3.74. The van der Waals surface area contributed by atoms with E-state index in [2.05, 4.69) is 20.4 Å². The number of Topliss-reactive ketones (excluding diaryl/α,β-unsaturated/α-hetero) is 1. The van der Waals surface area contributed by atoms with Crippen molar-refractivity contribution in [3.05, 3.63) is 59.9 Å². The number of nitrogens with zero attached hydrogens (tertiary/aromatic N) is 4. The first-order chi connectivity index (χ1) is 17.0. The van der Waals surface area contributed by atoms with E-state index < -0.39 is 0 Å². The number of carbonyl (C=O) groups excluding carboxylic acids is 2. The van der Waals surface area contributed by atoms with Gasteiger partial charge in [0.25, 0.3) is 0 Å². The molecule has 1 N–H and O–H groups in total. The number of ether oxygens (including phenoxy) is 1. The zero-order valence-electron chi connectivity index (χ0n) is 19.6. The first-order valence-electron chi connectivity index (χ1n) is 11.6. The van der Waals surface area contributed by atoms with Gasteiger partial charge in [0, 0.05) is 49.4 Å². The third-order valence-corrected chi connectivity index (χ3v) is 6.67. The Balaban J connectivity index is 1.46. The van der Waals surface area contributed by atoms with Crippen LogP contribution in [0.3, 0.4) is 0 Å². The number of aromatic nitrogens is 3. The summed E-state index contributed by atoms with van der Waals surface area (Å²) in [5.74, 6) is 0.403. The molecule has 8 nitrogen and oxygen atoms in total. The van der Waals surface area contributed by atoms with E-state index in [-0.39, 0.29) is 23.3 Å². The second kappa shape index (κ2) is 12.1. The highest BCUT2D eigenvalue weighted by Crippen LogP contribution is 2.25. The van der Waals surface area contributed by atoms with Crippen molar-refractivity contribution in [1.82, 2.24) is 19.7 Å². The summed E-state index contributed by atoms with van der Waals surface area (Å²) in [5, 5.41) is 12.1. The molecular weight excluding hydrogens is 469 g/mol. The van der Waals surface area contributed by atoms with E-state index in [9.17, 15) is 14.0 Å². The average Bonchev–Trinajstić information content (AvgIpc) is 3.30. The number of carbonyl (C=O) groups is 2. The van der Waals surface area contributed by atoms with Crippen molar-refractivity contribution in [3.8, 4) is 11.4 Å². The van der Waals surface area contributed by atoms with Crippen LogP contribution in [0.4, 0.5) is 10.1 Å². The molecule has 1 saturated heterocycles. The summed E-state index contributed by atoms with van der Waals surface area (Å²) >= 11 is 1.33. The maximum atomic E-state index is 13.5. The van der Waals surface area contributed by atoms with Crippen LogP contribution in [-0.2, 0) is 16.1 Å². The largest absolute Gasteiger partial charge is 0.379 e. The first-order valence-corrected chi connectivity index (χ1v) is 12.6. The van der Waals surface area contributed by atoms with Crippen LogP contribution >= 0.6 is 11.8 Å². The molecule has 3 aromatic rings. The van der Waals surface area contributed by atoms with Crippen molar-refractivity contribution < 1.29 is 18.7 Å². The van der Waals surface area contributed by atoms with E-state index in [1.807, 2.05) is 4.57 Å². The average molecular weight is 498 g/mol. The van der Waals surface area contributed by atoms with Crippen LogP contribution in [-0.4, -0.2) is 70.0 Å². The molecule has 10 heteroatoms. The van der Waals surface area contributed by atoms with Crippen LogP contribution < -0.4 is 5.32 Å². The number of thioether (sulfide) groups is 1. The summed E-state index contributed by atoms with van der Waals surface area (Å²) in [6, 6.07) is 13.0. The molecule has 1 amide bonds. The molecule has 1 fully saturated rings. The quantitative estimate of drug-likeness (QED) is 0.337. The number of nitrogens with one attached hydrogen (secondary N) is 1. The Morgan fingerprint density at radius 2 is 1.74 bits per heavy atom. The normalized spacial score (nSPS) is 14.1. The van der Waals surface area contributed by atoms with Crippen LogP contribution in [0.15, 0.2) is 53.7 Å². The van der Waals surface area contributed by atoms with Gasteiger partial charge in [0.15, 0.2) is 16.8 Å². The van der Waals surface area contributed by atoms with Crippen molar-refractivity contribution >= 4 is 29.1 Å². The number of rotatable bonds is 10. The lowest BCUT2D eigenvalue weighted by Gasteiger charge is -2.27. The van der Waals surface area contributed by atoms with Gasteiger partial charge in [-0.2, -0.15) is 0 Å². The molecule has 2 aromatic carbocycles. The maximum absolute atomic E-state index is 13.5. The van der Waals surface area contributed by atoms with Crippen LogP contribution in [0.5, 0.6) is 0 Å². The van der Waals surface area contributed by atoms with Crippen LogP contribution in [0.25, 0.3) is 11.4 Å². The van der Waals surface area contributed by atoms with Gasteiger partial charge in [0.05, 0.1) is 19.0 Å². The number of halogens is 1. The summed E-state index contributed by atoms with van der Waals surface area (Å²) in [6.45, 7) is 6.37. The van der Waals surface area contributed by atoms with Gasteiger partial charge in [-0.05, 0) is 48.5 Å². The Labute approximate surface area is 207 Å². The smallest absolute Gasteiger partial charge is 0.224 e. The molecule has 0 radical (unpaired) electrons. The summed E-state index contributed by atoms with van der Waals surface area (Å²) in [4.78, 5) is 26.7. The van der Waals surface area contributed by atoms with Crippen molar-refractivity contribution in [2.45, 2.75) is 25.0 Å². The lowest BCUT2D eigenvalue weighted by Crippen LogP contribution is -2.38. The third-order valence-electron chi connectivity index (χ3n) is 5.71. The lowest BCUT2D eigenvalue weighted by molar-refractivity contribution is -0.115. The molecule has 0 atom stereocenters. The Hall–Kier alpha value is -3.08. The third kappa shape index (κ3) is 6.74. The number of hydrogen-bond donors (Lipinski definition) is 1. The fourth-order valence-electron chi connectivity index (χ4n) is 3.68. The molecule has 0 aliphatic carbocycles. The zero-order valence-corrected chi connectivity index (χ0v) is 20.4. The van der Waals surface area contributed by atoms with E-state index in [4.69, 9.17) is 4.74 Å². The minimum absolute atomic E-state index is 0.0468. The topological polar surface area (TPSA) is 89.3 Å². The van der Waals surface area contributed by atoms with Gasteiger partial charge in [-0.3, -0.25) is 14.5 Å². The monoisotopic (exact) mass is 497 g/mol. The molecule has 4 rings (SSSR count). The fourth-order valence-corrected chi connectivity index (χ4v) is 4.54. The maximum Gasteiger partial charge on any atom is 0.224 e. The second-order valence-electron chi connectivity index (χ2n) is 8.11. The summed E-state index contributed by atoms with van der Waals surface area (Å²) < 4.78 is 20.9. The van der Waals surface area contributed by atoms with Crippen LogP contribution in [0.1, 0.15) is 23.7 Å². The second-order valence-corrected chi connectivity index (χ2v) is 9.05. The highest BCUT2D eigenvalue weighted by Gasteiger charge is 2.18. The molecule has 0 spiro atoms. The van der Waals surface area contributed by atoms with E-state index in [0.717, 1.165) is 25.2 Å². The molecule has 1 aromatic heterocycles. The Bertz CT molecular complexity index is 1140. The first kappa shape index (κ1) is 25.0. The van der Waals surface area contributed by atoms with Crippen LogP contribution in [0, 0.1) is 5.82 Å². The highest BCUT2D eigenvalue weighted by atomic mass is 32.2. The van der Waals surface area contributed by atoms with Gasteiger partial charge in [0.1, 0.15) is 5.82 Å². The van der Waals surface area contributed by atoms with Gasteiger partial charge in [-0.15, -0.1) is 10.2 Å². The van der Waals surface area contributed by atoms with Crippen molar-refractivity contribution in [2.24, 2.45) is 0 Å². The number of benzene rings is 2. The van der Waals surface area contributed by atoms with Crippen LogP contribution in [0.2, 0.25) is 0 Å². The molecule has 1 aliphatic rings. The summed E-state index contributed by atoms with van der Waals surface area (Å²) in [7, 11) is 0. The van der Waals surface area contributed by atoms with Crippen molar-refractivity contribution in [2.75, 3.05) is 43.9 Å². The lowest BCUT2D eigenvalue weighted by atomic mass is 10.1. The zero-order chi connectivity index (χ0) is 24.6. The fraction of sp³-hybridized carbons (Fsp3) is 0.360. The molecule has 0 unspecified atom stereocenters. The molecular formula is C25H28FN5O3S. The van der Waals surface area contributed by atoms with Gasteiger partial charge in [-0.1, -0.05) is 18.7 Å². The van der Waals surface area contributed by atoms with Gasteiger partial charge in [-0.25, -0.2) is 4.39 Å². The molecule has 2 heterocycles. The standard InChI is InChI=1S/C25H28FN5O3S/c1-2-23(33)27-21-9-5-18(6-10-21)22(32)17-35-25-29-28-24(19-3-7-20(26)8-4-19)31(25)12-11-30-13-15-34-16-14-30/h3-10H,2,11-17H2,1H3,(H,27,33). The SMILES string of the molecule is CCC(=O)Nc1ccc(C(=O)CSc2nnc(-c3ccc(F)cc3)n2CCN2CCOCC2)cc1. The highest BCUT2D eigenvalue weighted by molar-refractivity contribution is 7.99. The number of anilines is 1. The molecule has 0 saturated carbocycles. The molecule has 1 aliphatic heterocycles. The number of ketones is 1. The van der Waals surface area contributed by atoms with E-state index in [1.165, 1.54) is 23.9 Å². The predicted molar refractivity (Wildman–Crippen MR) is 133 cm³/mol. The Morgan fingerprint density at radius 3 is 2.43 bits per heavy atom. The summed E-state index contributed by atoms with van der Waals surface area (Å²) in [6.07, 6.45) is 0.392. The van der Waals surface area contributed by atoms with Gasteiger partial charge >= 0.3 is 0 Å². The van der Waals surface area contributed by atoms with Crippen molar-refractivity contribution in [3.63, 3.8) is 0 Å².